The molecule has 8 nitrogen and oxygen atoms in total. The van der Waals surface area contributed by atoms with Crippen molar-refractivity contribution < 1.29 is 19.4 Å². The van der Waals surface area contributed by atoms with E-state index >= 15 is 0 Å². The van der Waals surface area contributed by atoms with Crippen LogP contribution in [0.1, 0.15) is 57.0 Å². The van der Waals surface area contributed by atoms with E-state index in [0.717, 1.165) is 61.1 Å². The highest BCUT2D eigenvalue weighted by Crippen LogP contribution is 2.45. The van der Waals surface area contributed by atoms with Gasteiger partial charge in [0.1, 0.15) is 11.4 Å². The number of aromatic nitrogens is 3. The molecule has 1 amide bonds. The van der Waals surface area contributed by atoms with E-state index in [0.29, 0.717) is 42.2 Å². The molecular formula is C33H32Cl2N4O4. The molecule has 0 saturated carbocycles. The SMILES string of the molecule is Cc1cc(OCCCC2=C(C(=O)Nc3ccc(C(=O)O)nc3)Cc3c2ccc(Cl)c3-c2c(C)nn(C)c2C)cc(C)c1Cl. The van der Waals surface area contributed by atoms with Crippen molar-refractivity contribution >= 4 is 46.3 Å². The third kappa shape index (κ3) is 6.03. The molecule has 2 aromatic carbocycles. The van der Waals surface area contributed by atoms with Gasteiger partial charge in [-0.15, -0.1) is 0 Å². The molecule has 1 aliphatic rings. The molecule has 2 aromatic heterocycles. The number of aryl methyl sites for hydroxylation is 4. The predicted octanol–water partition coefficient (Wildman–Crippen LogP) is 7.53. The summed E-state index contributed by atoms with van der Waals surface area (Å²) < 4.78 is 7.90. The minimum atomic E-state index is -1.13. The Labute approximate surface area is 260 Å². The number of amides is 1. The van der Waals surface area contributed by atoms with Crippen molar-refractivity contribution in [2.75, 3.05) is 11.9 Å². The van der Waals surface area contributed by atoms with Crippen LogP contribution in [-0.4, -0.2) is 38.4 Å². The van der Waals surface area contributed by atoms with Crippen molar-refractivity contribution in [2.24, 2.45) is 7.05 Å². The Kier molecular flexibility index (Phi) is 8.62. The van der Waals surface area contributed by atoms with Crippen LogP contribution < -0.4 is 10.1 Å². The molecule has 5 rings (SSSR count). The largest absolute Gasteiger partial charge is 0.494 e. The zero-order chi connectivity index (χ0) is 31.0. The van der Waals surface area contributed by atoms with Gasteiger partial charge in [-0.25, -0.2) is 9.78 Å². The van der Waals surface area contributed by atoms with Crippen molar-refractivity contribution in [3.63, 3.8) is 0 Å². The summed E-state index contributed by atoms with van der Waals surface area (Å²) in [5.74, 6) is -0.652. The number of carbonyl (C=O) groups excluding carboxylic acids is 1. The van der Waals surface area contributed by atoms with E-state index in [1.165, 1.54) is 18.3 Å². The third-order valence-corrected chi connectivity index (χ3v) is 8.74. The van der Waals surface area contributed by atoms with Gasteiger partial charge in [0.15, 0.2) is 0 Å². The smallest absolute Gasteiger partial charge is 0.354 e. The number of carbonyl (C=O) groups is 2. The first-order valence-corrected chi connectivity index (χ1v) is 14.7. The maximum atomic E-state index is 13.7. The Morgan fingerprint density at radius 3 is 2.37 bits per heavy atom. The molecule has 0 fully saturated rings. The Morgan fingerprint density at radius 1 is 1.05 bits per heavy atom. The summed E-state index contributed by atoms with van der Waals surface area (Å²) in [6.07, 6.45) is 3.00. The van der Waals surface area contributed by atoms with Gasteiger partial charge in [0.25, 0.3) is 5.91 Å². The van der Waals surface area contributed by atoms with Crippen LogP contribution in [0.25, 0.3) is 16.7 Å². The molecule has 1 aliphatic carbocycles. The number of aromatic carboxylic acids is 1. The average Bonchev–Trinajstić information content (AvgIpc) is 3.45. The number of pyridine rings is 1. The number of hydrogen-bond acceptors (Lipinski definition) is 5. The van der Waals surface area contributed by atoms with Crippen LogP contribution in [0.2, 0.25) is 10.0 Å². The predicted molar refractivity (Wildman–Crippen MR) is 169 cm³/mol. The number of fused-ring (bicyclic) bond motifs is 1. The van der Waals surface area contributed by atoms with Crippen LogP contribution in [0.3, 0.4) is 0 Å². The quantitative estimate of drug-likeness (QED) is 0.188. The van der Waals surface area contributed by atoms with Crippen molar-refractivity contribution in [3.8, 4) is 16.9 Å². The zero-order valence-corrected chi connectivity index (χ0v) is 26.2. The highest BCUT2D eigenvalue weighted by Gasteiger charge is 2.31. The molecule has 2 heterocycles. The first-order chi connectivity index (χ1) is 20.5. The second kappa shape index (κ2) is 12.2. The Morgan fingerprint density at radius 2 is 1.77 bits per heavy atom. The second-order valence-electron chi connectivity index (χ2n) is 10.8. The summed E-state index contributed by atoms with van der Waals surface area (Å²) in [7, 11) is 1.90. The first-order valence-electron chi connectivity index (χ1n) is 13.9. The van der Waals surface area contributed by atoms with E-state index < -0.39 is 5.97 Å². The van der Waals surface area contributed by atoms with E-state index in [1.807, 2.05) is 63.7 Å². The number of rotatable bonds is 9. The summed E-state index contributed by atoms with van der Waals surface area (Å²) in [6.45, 7) is 8.32. The van der Waals surface area contributed by atoms with Gasteiger partial charge in [0.05, 0.1) is 24.2 Å². The maximum Gasteiger partial charge on any atom is 0.354 e. The number of carboxylic acid groups (broad SMARTS) is 1. The number of anilines is 1. The van der Waals surface area contributed by atoms with Crippen molar-refractivity contribution in [1.82, 2.24) is 14.8 Å². The van der Waals surface area contributed by atoms with Crippen LogP contribution in [0.5, 0.6) is 5.75 Å². The molecule has 0 bridgehead atoms. The third-order valence-electron chi connectivity index (χ3n) is 7.83. The van der Waals surface area contributed by atoms with Gasteiger partial charge in [-0.05, 0) is 98.7 Å². The van der Waals surface area contributed by atoms with Crippen LogP contribution >= 0.6 is 23.2 Å². The number of nitrogens with zero attached hydrogens (tertiary/aromatic N) is 3. The normalized spacial score (nSPS) is 12.4. The number of hydrogen-bond donors (Lipinski definition) is 2. The first kappa shape index (κ1) is 30.3. The van der Waals surface area contributed by atoms with Crippen LogP contribution in [-0.2, 0) is 18.3 Å². The standard InChI is InChI=1S/C33H32Cl2N4O4/c1-17-13-22(14-18(2)31(17)35)43-12-6-7-23-24-9-10-27(34)30(29-19(3)38-39(5)20(29)4)25(24)15-26(23)32(40)37-21-8-11-28(33(41)42)36-16-21/h8-11,13-14,16H,6-7,12,15H2,1-5H3,(H,37,40)(H,41,42). The summed E-state index contributed by atoms with van der Waals surface area (Å²) in [5, 5.41) is 18.0. The number of allylic oxidation sites excluding steroid dienone is 1. The molecule has 0 saturated heterocycles. The highest BCUT2D eigenvalue weighted by molar-refractivity contribution is 6.34. The molecule has 222 valence electrons. The molecule has 2 N–H and O–H groups in total. The van der Waals surface area contributed by atoms with E-state index in [2.05, 4.69) is 15.4 Å². The monoisotopic (exact) mass is 618 g/mol. The number of benzene rings is 2. The van der Waals surface area contributed by atoms with Crippen LogP contribution in [0.4, 0.5) is 5.69 Å². The second-order valence-corrected chi connectivity index (χ2v) is 11.6. The minimum Gasteiger partial charge on any atom is -0.494 e. The molecule has 10 heteroatoms. The van der Waals surface area contributed by atoms with E-state index in [1.54, 1.807) is 0 Å². The fraction of sp³-hybridized carbons (Fsp3) is 0.273. The molecule has 43 heavy (non-hydrogen) atoms. The lowest BCUT2D eigenvalue weighted by atomic mass is 9.93. The lowest BCUT2D eigenvalue weighted by Crippen LogP contribution is -2.16. The Balaban J connectivity index is 1.46. The molecule has 0 unspecified atom stereocenters. The van der Waals surface area contributed by atoms with Crippen molar-refractivity contribution in [1.29, 1.82) is 0 Å². The molecular weight excluding hydrogens is 587 g/mol. The van der Waals surface area contributed by atoms with Crippen LogP contribution in [0.15, 0.2) is 48.2 Å². The van der Waals surface area contributed by atoms with Gasteiger partial charge >= 0.3 is 5.97 Å². The van der Waals surface area contributed by atoms with Crippen molar-refractivity contribution in [2.45, 2.75) is 47.0 Å². The van der Waals surface area contributed by atoms with Crippen LogP contribution in [0, 0.1) is 27.7 Å². The number of ether oxygens (including phenoxy) is 1. The minimum absolute atomic E-state index is 0.0984. The van der Waals surface area contributed by atoms with E-state index in [-0.39, 0.29) is 11.6 Å². The summed E-state index contributed by atoms with van der Waals surface area (Å²) in [5.41, 5.74) is 9.43. The summed E-state index contributed by atoms with van der Waals surface area (Å²) >= 11 is 13.1. The number of nitrogens with one attached hydrogen (secondary N) is 1. The lowest BCUT2D eigenvalue weighted by molar-refractivity contribution is -0.112. The fourth-order valence-electron chi connectivity index (χ4n) is 5.67. The molecule has 0 radical (unpaired) electrons. The topological polar surface area (TPSA) is 106 Å². The zero-order valence-electron chi connectivity index (χ0n) is 24.6. The number of halogens is 2. The fourth-order valence-corrected chi connectivity index (χ4v) is 6.05. The Bertz CT molecular complexity index is 1770. The van der Waals surface area contributed by atoms with E-state index in [4.69, 9.17) is 27.9 Å². The molecule has 4 aromatic rings. The maximum absolute atomic E-state index is 13.7. The average molecular weight is 620 g/mol. The van der Waals surface area contributed by atoms with E-state index in [9.17, 15) is 14.7 Å². The Hall–Kier alpha value is -4.14. The van der Waals surface area contributed by atoms with Gasteiger partial charge in [0, 0.05) is 45.9 Å². The van der Waals surface area contributed by atoms with Gasteiger partial charge in [0.2, 0.25) is 0 Å². The van der Waals surface area contributed by atoms with Gasteiger partial charge in [-0.1, -0.05) is 29.3 Å². The van der Waals surface area contributed by atoms with Gasteiger partial charge in [-0.2, -0.15) is 5.10 Å². The van der Waals surface area contributed by atoms with Gasteiger partial charge < -0.3 is 15.2 Å². The summed E-state index contributed by atoms with van der Waals surface area (Å²) in [6, 6.07) is 10.6. The van der Waals surface area contributed by atoms with Crippen molar-refractivity contribution in [3.05, 3.63) is 97.5 Å². The molecule has 0 aliphatic heterocycles. The highest BCUT2D eigenvalue weighted by atomic mass is 35.5. The summed E-state index contributed by atoms with van der Waals surface area (Å²) in [4.78, 5) is 28.9. The number of carboxylic acids is 1. The molecule has 0 atom stereocenters. The van der Waals surface area contributed by atoms with Gasteiger partial charge in [-0.3, -0.25) is 9.48 Å². The molecule has 0 spiro atoms. The lowest BCUT2D eigenvalue weighted by Gasteiger charge is -2.14.